The highest BCUT2D eigenvalue weighted by Crippen LogP contribution is 2.08. The van der Waals surface area contributed by atoms with E-state index in [-0.39, 0.29) is 12.6 Å². The molecule has 1 aromatic carbocycles. The molecule has 0 atom stereocenters. The zero-order valence-corrected chi connectivity index (χ0v) is 11.8. The number of nitrogens with zero attached hydrogens (tertiary/aromatic N) is 1. The number of amides is 1. The number of alkyl halides is 1. The minimum atomic E-state index is -0.393. The van der Waals surface area contributed by atoms with Crippen molar-refractivity contribution in [1.29, 1.82) is 0 Å². The van der Waals surface area contributed by atoms with Crippen LogP contribution in [0.4, 0.5) is 10.5 Å². The van der Waals surface area contributed by atoms with Gasteiger partial charge in [-0.1, -0.05) is 12.1 Å². The fraction of sp³-hybridized carbons (Fsp3) is 0.417. The van der Waals surface area contributed by atoms with Crippen LogP contribution in [0.1, 0.15) is 5.56 Å². The molecule has 0 saturated carbocycles. The van der Waals surface area contributed by atoms with Crippen LogP contribution >= 0.6 is 23.4 Å². The summed E-state index contributed by atoms with van der Waals surface area (Å²) < 4.78 is 5.17. The Morgan fingerprint density at radius 3 is 2.67 bits per heavy atom. The fourth-order valence-electron chi connectivity index (χ4n) is 1.25. The van der Waals surface area contributed by atoms with Crippen molar-refractivity contribution in [2.24, 2.45) is 0 Å². The van der Waals surface area contributed by atoms with Gasteiger partial charge in [-0.25, -0.2) is 4.79 Å². The van der Waals surface area contributed by atoms with Crippen molar-refractivity contribution >= 4 is 35.1 Å². The van der Waals surface area contributed by atoms with Crippen molar-refractivity contribution < 1.29 is 9.53 Å². The van der Waals surface area contributed by atoms with E-state index >= 15 is 0 Å². The Morgan fingerprint density at radius 1 is 1.44 bits per heavy atom. The number of carbonyl (C=O) groups excluding carboxylic acids is 1. The summed E-state index contributed by atoms with van der Waals surface area (Å²) in [6, 6.07) is 7.35. The van der Waals surface area contributed by atoms with Gasteiger partial charge in [0.2, 0.25) is 0 Å². The zero-order chi connectivity index (χ0) is 13.4. The van der Waals surface area contributed by atoms with Crippen LogP contribution in [-0.4, -0.2) is 35.6 Å². The maximum atomic E-state index is 11.7. The molecule has 0 aliphatic heterocycles. The first-order valence-electron chi connectivity index (χ1n) is 5.48. The molecule has 0 aromatic heterocycles. The Bertz CT molecular complexity index is 373. The molecular weight excluding hydrogens is 272 g/mol. The van der Waals surface area contributed by atoms with E-state index in [2.05, 4.69) is 0 Å². The lowest BCUT2D eigenvalue weighted by Crippen LogP contribution is -2.32. The molecule has 1 aromatic rings. The highest BCUT2D eigenvalue weighted by molar-refractivity contribution is 7.98. The quantitative estimate of drug-likeness (QED) is 0.497. The summed E-state index contributed by atoms with van der Waals surface area (Å²) in [7, 11) is 0. The molecule has 0 radical (unpaired) electrons. The number of thioether (sulfide) groups is 1. The number of benzene rings is 1. The maximum absolute atomic E-state index is 11.7. The van der Waals surface area contributed by atoms with E-state index in [1.54, 1.807) is 23.9 Å². The summed E-state index contributed by atoms with van der Waals surface area (Å²) in [4.78, 5) is 13.2. The predicted octanol–water partition coefficient (Wildman–Crippen LogP) is 2.77. The van der Waals surface area contributed by atoms with Gasteiger partial charge >= 0.3 is 6.09 Å². The topological polar surface area (TPSA) is 55.6 Å². The Balaban J connectivity index is 2.41. The van der Waals surface area contributed by atoms with Gasteiger partial charge in [0.05, 0.1) is 6.00 Å². The van der Waals surface area contributed by atoms with E-state index in [1.807, 2.05) is 18.4 Å². The summed E-state index contributed by atoms with van der Waals surface area (Å²) >= 11 is 7.36. The second-order valence-electron chi connectivity index (χ2n) is 3.67. The Kier molecular flexibility index (Phi) is 6.75. The molecule has 0 saturated heterocycles. The van der Waals surface area contributed by atoms with Gasteiger partial charge in [-0.2, -0.15) is 11.8 Å². The van der Waals surface area contributed by atoms with Crippen molar-refractivity contribution in [3.63, 3.8) is 0 Å². The molecule has 0 bridgehead atoms. The number of rotatable bonds is 6. The summed E-state index contributed by atoms with van der Waals surface area (Å²) in [5.74, 6) is 0.837. The monoisotopic (exact) mass is 288 g/mol. The second kappa shape index (κ2) is 8.11. The van der Waals surface area contributed by atoms with E-state index < -0.39 is 6.09 Å². The molecule has 0 aliphatic carbocycles. The first-order chi connectivity index (χ1) is 8.67. The van der Waals surface area contributed by atoms with Gasteiger partial charge in [-0.05, 0) is 24.0 Å². The first kappa shape index (κ1) is 15.0. The highest BCUT2D eigenvalue weighted by Gasteiger charge is 2.13. The van der Waals surface area contributed by atoms with Crippen molar-refractivity contribution in [2.75, 3.05) is 30.3 Å². The lowest BCUT2D eigenvalue weighted by molar-refractivity contribution is 0.104. The van der Waals surface area contributed by atoms with E-state index in [1.165, 1.54) is 4.90 Å². The van der Waals surface area contributed by atoms with E-state index in [9.17, 15) is 4.79 Å². The second-order valence-corrected chi connectivity index (χ2v) is 4.90. The number of anilines is 1. The van der Waals surface area contributed by atoms with E-state index in [0.717, 1.165) is 11.3 Å². The Labute approximate surface area is 116 Å². The van der Waals surface area contributed by atoms with Gasteiger partial charge in [-0.3, -0.25) is 4.90 Å². The number of halogens is 1. The van der Waals surface area contributed by atoms with Crippen LogP contribution in [-0.2, 0) is 11.3 Å². The number of hydrogen-bond donors (Lipinski definition) is 1. The van der Waals surface area contributed by atoms with Gasteiger partial charge in [-0.15, -0.1) is 11.6 Å². The fourth-order valence-corrected chi connectivity index (χ4v) is 1.87. The molecule has 100 valence electrons. The average molecular weight is 289 g/mol. The lowest BCUT2D eigenvalue weighted by Gasteiger charge is -2.18. The molecule has 0 unspecified atom stereocenters. The highest BCUT2D eigenvalue weighted by atomic mass is 35.5. The molecule has 2 N–H and O–H groups in total. The van der Waals surface area contributed by atoms with Gasteiger partial charge in [0.25, 0.3) is 0 Å². The third kappa shape index (κ3) is 5.06. The van der Waals surface area contributed by atoms with Gasteiger partial charge < -0.3 is 10.5 Å². The molecule has 1 amide bonds. The standard InChI is InChI=1S/C12H17ClN2O2S/c1-18-7-6-15(9-13)12(16)17-8-10-2-4-11(14)5-3-10/h2-5H,6-9,14H2,1H3. The molecular formula is C12H17ClN2O2S. The molecule has 0 fully saturated rings. The number of hydrogen-bond acceptors (Lipinski definition) is 4. The largest absolute Gasteiger partial charge is 0.445 e. The molecule has 0 spiro atoms. The minimum absolute atomic E-state index is 0.140. The molecule has 1 rings (SSSR count). The minimum Gasteiger partial charge on any atom is -0.445 e. The molecule has 0 heterocycles. The third-order valence-electron chi connectivity index (χ3n) is 2.31. The number of carbonyl (C=O) groups is 1. The Hall–Kier alpha value is -1.07. The zero-order valence-electron chi connectivity index (χ0n) is 10.3. The van der Waals surface area contributed by atoms with Crippen LogP contribution in [0.5, 0.6) is 0 Å². The molecule has 18 heavy (non-hydrogen) atoms. The number of nitrogens with two attached hydrogens (primary N) is 1. The average Bonchev–Trinajstić information content (AvgIpc) is 2.39. The maximum Gasteiger partial charge on any atom is 0.411 e. The van der Waals surface area contributed by atoms with Crippen molar-refractivity contribution in [2.45, 2.75) is 6.61 Å². The Morgan fingerprint density at radius 2 is 2.11 bits per heavy atom. The predicted molar refractivity (Wildman–Crippen MR) is 76.8 cm³/mol. The van der Waals surface area contributed by atoms with Crippen molar-refractivity contribution in [3.8, 4) is 0 Å². The summed E-state index contributed by atoms with van der Waals surface area (Å²) in [6.45, 7) is 0.816. The van der Waals surface area contributed by atoms with E-state index in [4.69, 9.17) is 22.1 Å². The summed E-state index contributed by atoms with van der Waals surface area (Å²) in [5, 5.41) is 0. The van der Waals surface area contributed by atoms with Gasteiger partial charge in [0.15, 0.2) is 0 Å². The number of nitrogen functional groups attached to an aromatic ring is 1. The third-order valence-corrected chi connectivity index (χ3v) is 3.19. The van der Waals surface area contributed by atoms with Gasteiger partial charge in [0, 0.05) is 18.0 Å². The normalized spacial score (nSPS) is 10.1. The van der Waals surface area contributed by atoms with Crippen LogP contribution in [0.15, 0.2) is 24.3 Å². The summed E-state index contributed by atoms with van der Waals surface area (Å²) in [5.41, 5.74) is 7.16. The number of ether oxygens (including phenoxy) is 1. The molecule has 4 nitrogen and oxygen atoms in total. The van der Waals surface area contributed by atoms with Crippen molar-refractivity contribution in [1.82, 2.24) is 4.90 Å². The molecule has 0 aliphatic rings. The lowest BCUT2D eigenvalue weighted by atomic mass is 10.2. The van der Waals surface area contributed by atoms with Crippen molar-refractivity contribution in [3.05, 3.63) is 29.8 Å². The SMILES string of the molecule is CSCCN(CCl)C(=O)OCc1ccc(N)cc1. The smallest absolute Gasteiger partial charge is 0.411 e. The van der Waals surface area contributed by atoms with Gasteiger partial charge in [0.1, 0.15) is 6.61 Å². The van der Waals surface area contributed by atoms with E-state index in [0.29, 0.717) is 12.2 Å². The van der Waals surface area contributed by atoms with Crippen LogP contribution in [0, 0.1) is 0 Å². The van der Waals surface area contributed by atoms with Crippen LogP contribution in [0.3, 0.4) is 0 Å². The molecule has 6 heteroatoms. The summed E-state index contributed by atoms with van der Waals surface area (Å²) in [6.07, 6.45) is 1.59. The first-order valence-corrected chi connectivity index (χ1v) is 7.41. The van der Waals surface area contributed by atoms with Crippen LogP contribution in [0.25, 0.3) is 0 Å². The van der Waals surface area contributed by atoms with Crippen LogP contribution in [0.2, 0.25) is 0 Å². The van der Waals surface area contributed by atoms with Crippen LogP contribution < -0.4 is 5.73 Å².